The van der Waals surface area contributed by atoms with Gasteiger partial charge in [-0.15, -0.1) is 0 Å². The molecule has 0 aliphatic carbocycles. The molecule has 1 aromatic rings. The molecule has 10 heteroatoms. The average Bonchev–Trinajstić information content (AvgIpc) is 2.73. The van der Waals surface area contributed by atoms with E-state index in [0.29, 0.717) is 65.0 Å². The predicted octanol–water partition coefficient (Wildman–Crippen LogP) is -0.0117. The van der Waals surface area contributed by atoms with E-state index in [4.69, 9.17) is 33.9 Å². The number of carbonyl (C=O) groups is 1. The number of hydrogen-bond acceptors (Lipinski definition) is 10. The highest BCUT2D eigenvalue weighted by Gasteiger charge is 2.10. The van der Waals surface area contributed by atoms with Gasteiger partial charge in [0.1, 0.15) is 12.4 Å². The van der Waals surface area contributed by atoms with E-state index in [9.17, 15) is 4.79 Å². The molecule has 10 nitrogen and oxygen atoms in total. The first-order valence-corrected chi connectivity index (χ1v) is 9.45. The number of pyridine rings is 1. The lowest BCUT2D eigenvalue weighted by Gasteiger charge is -2.22. The van der Waals surface area contributed by atoms with Crippen LogP contribution in [0.4, 0.5) is 0 Å². The van der Waals surface area contributed by atoms with E-state index >= 15 is 0 Å². The Morgan fingerprint density at radius 3 is 2.41 bits per heavy atom. The molecular formula is C19H32N2O8. The van der Waals surface area contributed by atoms with Crippen molar-refractivity contribution in [2.24, 2.45) is 0 Å². The van der Waals surface area contributed by atoms with Gasteiger partial charge in [-0.05, 0) is 6.07 Å². The van der Waals surface area contributed by atoms with Gasteiger partial charge in [-0.2, -0.15) is 0 Å². The molecule has 1 rings (SSSR count). The van der Waals surface area contributed by atoms with E-state index in [1.165, 1.54) is 19.4 Å². The van der Waals surface area contributed by atoms with Gasteiger partial charge in [0.05, 0.1) is 52.3 Å². The van der Waals surface area contributed by atoms with Crippen LogP contribution in [0.2, 0.25) is 0 Å². The lowest BCUT2D eigenvalue weighted by Crippen LogP contribution is -2.34. The monoisotopic (exact) mass is 416 g/mol. The van der Waals surface area contributed by atoms with Crippen LogP contribution in [0.25, 0.3) is 0 Å². The third kappa shape index (κ3) is 12.4. The minimum atomic E-state index is -1.65. The summed E-state index contributed by atoms with van der Waals surface area (Å²) in [5.74, 6) is 0.208. The van der Waals surface area contributed by atoms with Gasteiger partial charge in [-0.1, -0.05) is 0 Å². The first-order valence-electron chi connectivity index (χ1n) is 9.45. The van der Waals surface area contributed by atoms with E-state index in [1.54, 1.807) is 13.2 Å². The van der Waals surface area contributed by atoms with Crippen LogP contribution in [0.3, 0.4) is 0 Å². The molecule has 0 aromatic carbocycles. The van der Waals surface area contributed by atoms with Gasteiger partial charge in [0.15, 0.2) is 6.29 Å². The molecule has 0 radical (unpaired) electrons. The molecule has 0 saturated carbocycles. The molecule has 0 spiro atoms. The molecule has 0 fully saturated rings. The summed E-state index contributed by atoms with van der Waals surface area (Å²) in [7, 11) is 2.98. The Hall–Kier alpha value is -1.82. The predicted molar refractivity (Wildman–Crippen MR) is 103 cm³/mol. The Bertz CT molecular complexity index is 559. The van der Waals surface area contributed by atoms with Crippen molar-refractivity contribution in [2.45, 2.75) is 12.7 Å². The summed E-state index contributed by atoms with van der Waals surface area (Å²) in [5, 5.41) is 18.3. The molecule has 0 unspecified atom stereocenters. The highest BCUT2D eigenvalue weighted by Crippen LogP contribution is 2.15. The van der Waals surface area contributed by atoms with E-state index in [-0.39, 0.29) is 18.1 Å². The second kappa shape index (κ2) is 16.0. The Morgan fingerprint density at radius 2 is 1.72 bits per heavy atom. The lowest BCUT2D eigenvalue weighted by atomic mass is 10.3. The zero-order valence-corrected chi connectivity index (χ0v) is 17.1. The van der Waals surface area contributed by atoms with Crippen LogP contribution in [0, 0.1) is 0 Å². The van der Waals surface area contributed by atoms with Crippen molar-refractivity contribution in [3.05, 3.63) is 24.0 Å². The SMILES string of the molecule is COCCOCCOCCN(CCOc1ccnc(C(O)O)c1)CCC(=O)OC. The normalized spacial score (nSPS) is 11.2. The first kappa shape index (κ1) is 25.2. The fourth-order valence-corrected chi connectivity index (χ4v) is 2.30. The summed E-state index contributed by atoms with van der Waals surface area (Å²) in [6, 6.07) is 3.10. The summed E-state index contributed by atoms with van der Waals surface area (Å²) in [5.41, 5.74) is 0.117. The van der Waals surface area contributed by atoms with Crippen molar-refractivity contribution < 1.29 is 38.7 Å². The summed E-state index contributed by atoms with van der Waals surface area (Å²) >= 11 is 0. The topological polar surface area (TPSA) is 120 Å². The maximum Gasteiger partial charge on any atom is 0.306 e. The van der Waals surface area contributed by atoms with Crippen molar-refractivity contribution in [1.82, 2.24) is 9.88 Å². The standard InChI is InChI=1S/C19H32N2O8/c1-25-11-12-28-14-13-27-9-7-21(6-4-18(22)26-2)8-10-29-16-3-5-20-17(15-16)19(23)24/h3,5,15,19,23-24H,4,6-14H2,1-2H3. The van der Waals surface area contributed by atoms with Crippen molar-refractivity contribution in [3.63, 3.8) is 0 Å². The fraction of sp³-hybridized carbons (Fsp3) is 0.684. The summed E-state index contributed by atoms with van der Waals surface area (Å²) in [6.07, 6.45) is 0.0692. The number of ether oxygens (including phenoxy) is 5. The van der Waals surface area contributed by atoms with Gasteiger partial charge in [-0.3, -0.25) is 14.7 Å². The van der Waals surface area contributed by atoms with Crippen LogP contribution in [-0.4, -0.2) is 99.6 Å². The van der Waals surface area contributed by atoms with E-state index in [0.717, 1.165) is 0 Å². The molecule has 0 aliphatic rings. The van der Waals surface area contributed by atoms with Gasteiger partial charge in [0.25, 0.3) is 0 Å². The molecule has 1 aromatic heterocycles. The molecule has 1 heterocycles. The van der Waals surface area contributed by atoms with Crippen LogP contribution >= 0.6 is 0 Å². The molecule has 2 N–H and O–H groups in total. The van der Waals surface area contributed by atoms with Crippen LogP contribution < -0.4 is 4.74 Å². The number of esters is 1. The Kier molecular flexibility index (Phi) is 13.9. The number of rotatable bonds is 17. The fourth-order valence-electron chi connectivity index (χ4n) is 2.30. The number of aromatic nitrogens is 1. The molecular weight excluding hydrogens is 384 g/mol. The third-order valence-electron chi connectivity index (χ3n) is 3.91. The van der Waals surface area contributed by atoms with Crippen molar-refractivity contribution >= 4 is 5.97 Å². The highest BCUT2D eigenvalue weighted by atomic mass is 16.5. The Balaban J connectivity index is 2.34. The minimum absolute atomic E-state index is 0.117. The number of methoxy groups -OCH3 is 2. The number of nitrogens with zero attached hydrogens (tertiary/aromatic N) is 2. The third-order valence-corrected chi connectivity index (χ3v) is 3.91. The molecule has 0 amide bonds. The van der Waals surface area contributed by atoms with Gasteiger partial charge in [-0.25, -0.2) is 0 Å². The number of carbonyl (C=O) groups excluding carboxylic acids is 1. The van der Waals surface area contributed by atoms with E-state index < -0.39 is 6.29 Å². The van der Waals surface area contributed by atoms with Crippen molar-refractivity contribution in [1.29, 1.82) is 0 Å². The zero-order chi connectivity index (χ0) is 21.3. The quantitative estimate of drug-likeness (QED) is 0.204. The van der Waals surface area contributed by atoms with Crippen LogP contribution in [0.15, 0.2) is 18.3 Å². The highest BCUT2D eigenvalue weighted by molar-refractivity contribution is 5.69. The zero-order valence-electron chi connectivity index (χ0n) is 17.1. The molecule has 166 valence electrons. The van der Waals surface area contributed by atoms with E-state index in [2.05, 4.69) is 4.98 Å². The van der Waals surface area contributed by atoms with Crippen molar-refractivity contribution in [2.75, 3.05) is 73.5 Å². The number of aliphatic hydroxyl groups excluding tert-OH is 1. The summed E-state index contributed by atoms with van der Waals surface area (Å²) < 4.78 is 26.1. The summed E-state index contributed by atoms with van der Waals surface area (Å²) in [6.45, 7) is 4.60. The Morgan fingerprint density at radius 1 is 1.03 bits per heavy atom. The number of hydrogen-bond donors (Lipinski definition) is 2. The second-order valence-corrected chi connectivity index (χ2v) is 6.02. The summed E-state index contributed by atoms with van der Waals surface area (Å²) in [4.78, 5) is 17.3. The smallest absolute Gasteiger partial charge is 0.306 e. The van der Waals surface area contributed by atoms with E-state index in [1.807, 2.05) is 4.90 Å². The van der Waals surface area contributed by atoms with Gasteiger partial charge in [0.2, 0.25) is 0 Å². The van der Waals surface area contributed by atoms with Gasteiger partial charge >= 0.3 is 5.97 Å². The molecule has 0 bridgehead atoms. The van der Waals surface area contributed by atoms with Gasteiger partial charge in [0, 0.05) is 39.0 Å². The molecule has 29 heavy (non-hydrogen) atoms. The van der Waals surface area contributed by atoms with Crippen LogP contribution in [0.1, 0.15) is 18.4 Å². The maximum atomic E-state index is 11.4. The van der Waals surface area contributed by atoms with Crippen LogP contribution in [-0.2, 0) is 23.7 Å². The van der Waals surface area contributed by atoms with Gasteiger partial charge < -0.3 is 33.9 Å². The second-order valence-electron chi connectivity index (χ2n) is 6.02. The molecule has 0 atom stereocenters. The maximum absolute atomic E-state index is 11.4. The first-order chi connectivity index (χ1) is 14.1. The molecule has 0 saturated heterocycles. The lowest BCUT2D eigenvalue weighted by molar-refractivity contribution is -0.141. The minimum Gasteiger partial charge on any atom is -0.492 e. The Labute approximate surface area is 171 Å². The van der Waals surface area contributed by atoms with Crippen LogP contribution in [0.5, 0.6) is 5.75 Å². The number of aliphatic hydroxyl groups is 2. The molecule has 0 aliphatic heterocycles. The largest absolute Gasteiger partial charge is 0.492 e. The average molecular weight is 416 g/mol. The van der Waals surface area contributed by atoms with Crippen molar-refractivity contribution in [3.8, 4) is 5.75 Å².